The Morgan fingerprint density at radius 3 is 2.21 bits per heavy atom. The normalized spacial score (nSPS) is 14.6. The quantitative estimate of drug-likeness (QED) is 0.474. The summed E-state index contributed by atoms with van der Waals surface area (Å²) in [5.41, 5.74) is 0.173. The van der Waals surface area contributed by atoms with E-state index >= 15 is 0 Å². The average molecular weight is 393 g/mol. The third kappa shape index (κ3) is 3.63. The first-order chi connectivity index (χ1) is 11.3. The molecule has 10 heteroatoms. The SMILES string of the molecule is CCCN1C(=O)C(=O)N(CC(=O)Nc2cc(Cl)c(Cl)cc2Cl)C1=O. The second-order valence-electron chi connectivity index (χ2n) is 4.93. The number of benzene rings is 1. The van der Waals surface area contributed by atoms with E-state index in [9.17, 15) is 19.2 Å². The van der Waals surface area contributed by atoms with Crippen molar-refractivity contribution >= 4 is 64.2 Å². The lowest BCUT2D eigenvalue weighted by Gasteiger charge is -2.15. The minimum atomic E-state index is -1.04. The number of rotatable bonds is 5. The molecule has 0 bridgehead atoms. The van der Waals surface area contributed by atoms with Gasteiger partial charge in [-0.15, -0.1) is 0 Å². The van der Waals surface area contributed by atoms with Crippen molar-refractivity contribution in [3.63, 3.8) is 0 Å². The Morgan fingerprint density at radius 1 is 1.00 bits per heavy atom. The van der Waals surface area contributed by atoms with Crippen LogP contribution in [-0.4, -0.2) is 46.6 Å². The maximum atomic E-state index is 12.1. The number of amides is 5. The van der Waals surface area contributed by atoms with Crippen molar-refractivity contribution in [1.29, 1.82) is 0 Å². The number of halogens is 3. The molecule has 128 valence electrons. The molecule has 0 saturated carbocycles. The monoisotopic (exact) mass is 391 g/mol. The Kier molecular flexibility index (Phi) is 5.69. The van der Waals surface area contributed by atoms with Gasteiger partial charge in [-0.3, -0.25) is 19.3 Å². The van der Waals surface area contributed by atoms with Crippen LogP contribution >= 0.6 is 34.8 Å². The van der Waals surface area contributed by atoms with Gasteiger partial charge in [0.15, 0.2) is 0 Å². The third-order valence-electron chi connectivity index (χ3n) is 3.17. The molecule has 1 N–H and O–H groups in total. The smallest absolute Gasteiger partial charge is 0.323 e. The summed E-state index contributed by atoms with van der Waals surface area (Å²) in [5.74, 6) is -2.69. The topological polar surface area (TPSA) is 86.8 Å². The van der Waals surface area contributed by atoms with E-state index in [-0.39, 0.29) is 27.3 Å². The minimum absolute atomic E-state index is 0.111. The predicted molar refractivity (Wildman–Crippen MR) is 89.2 cm³/mol. The third-order valence-corrected chi connectivity index (χ3v) is 4.20. The summed E-state index contributed by atoms with van der Waals surface area (Å²) in [6.45, 7) is 1.26. The van der Waals surface area contributed by atoms with Crippen molar-refractivity contribution in [3.05, 3.63) is 27.2 Å². The molecule has 2 rings (SSSR count). The van der Waals surface area contributed by atoms with Crippen LogP contribution in [0, 0.1) is 0 Å². The summed E-state index contributed by atoms with van der Waals surface area (Å²) in [4.78, 5) is 49.0. The molecule has 1 heterocycles. The number of urea groups is 1. The van der Waals surface area contributed by atoms with Crippen LogP contribution in [0.25, 0.3) is 0 Å². The molecule has 1 aliphatic rings. The molecule has 0 unspecified atom stereocenters. The summed E-state index contributed by atoms with van der Waals surface area (Å²) < 4.78 is 0. The van der Waals surface area contributed by atoms with Crippen molar-refractivity contribution in [2.45, 2.75) is 13.3 Å². The Bertz CT molecular complexity index is 738. The molecule has 1 aromatic carbocycles. The van der Waals surface area contributed by atoms with E-state index in [1.54, 1.807) is 6.92 Å². The Hall–Kier alpha value is -1.83. The number of carbonyl (C=O) groups excluding carboxylic acids is 4. The van der Waals surface area contributed by atoms with Crippen LogP contribution in [0.5, 0.6) is 0 Å². The van der Waals surface area contributed by atoms with E-state index in [1.165, 1.54) is 12.1 Å². The average Bonchev–Trinajstić information content (AvgIpc) is 2.71. The number of nitrogens with one attached hydrogen (secondary N) is 1. The summed E-state index contributed by atoms with van der Waals surface area (Å²) in [5, 5.41) is 2.95. The van der Waals surface area contributed by atoms with Crippen LogP contribution in [0.3, 0.4) is 0 Å². The number of nitrogens with zero attached hydrogens (tertiary/aromatic N) is 2. The van der Waals surface area contributed by atoms with Gasteiger partial charge in [-0.2, -0.15) is 0 Å². The van der Waals surface area contributed by atoms with E-state index in [2.05, 4.69) is 5.32 Å². The van der Waals surface area contributed by atoms with E-state index in [1.807, 2.05) is 0 Å². The first kappa shape index (κ1) is 18.5. The molecular formula is C14H12Cl3N3O4. The standard InChI is InChI=1S/C14H12Cl3N3O4/c1-2-3-19-12(22)13(23)20(14(19)24)6-11(21)18-10-5-8(16)7(15)4-9(10)17/h4-5H,2-3,6H2,1H3,(H,18,21). The number of hydrogen-bond acceptors (Lipinski definition) is 4. The van der Waals surface area contributed by atoms with E-state index in [0.717, 1.165) is 4.90 Å². The van der Waals surface area contributed by atoms with Gasteiger partial charge in [0.25, 0.3) is 0 Å². The first-order valence-electron chi connectivity index (χ1n) is 6.88. The largest absolute Gasteiger partial charge is 0.334 e. The fourth-order valence-electron chi connectivity index (χ4n) is 2.06. The van der Waals surface area contributed by atoms with Crippen LogP contribution < -0.4 is 5.32 Å². The van der Waals surface area contributed by atoms with Gasteiger partial charge in [-0.25, -0.2) is 9.69 Å². The highest BCUT2D eigenvalue weighted by Crippen LogP contribution is 2.32. The second kappa shape index (κ2) is 7.38. The van der Waals surface area contributed by atoms with Crippen molar-refractivity contribution in [2.75, 3.05) is 18.4 Å². The van der Waals surface area contributed by atoms with Crippen LogP contribution in [0.4, 0.5) is 10.5 Å². The lowest BCUT2D eigenvalue weighted by atomic mass is 10.3. The maximum absolute atomic E-state index is 12.1. The summed E-state index contributed by atoms with van der Waals surface area (Å²) in [6, 6.07) is 1.87. The van der Waals surface area contributed by atoms with Gasteiger partial charge in [0.1, 0.15) is 6.54 Å². The van der Waals surface area contributed by atoms with Crippen molar-refractivity contribution in [2.24, 2.45) is 0 Å². The van der Waals surface area contributed by atoms with Crippen LogP contribution in [0.2, 0.25) is 15.1 Å². The Morgan fingerprint density at radius 2 is 1.58 bits per heavy atom. The zero-order valence-electron chi connectivity index (χ0n) is 12.4. The first-order valence-corrected chi connectivity index (χ1v) is 8.01. The van der Waals surface area contributed by atoms with E-state index in [0.29, 0.717) is 11.3 Å². The Labute approximate surface area is 152 Å². The molecule has 24 heavy (non-hydrogen) atoms. The van der Waals surface area contributed by atoms with Crippen molar-refractivity contribution < 1.29 is 19.2 Å². The van der Waals surface area contributed by atoms with Crippen molar-refractivity contribution in [1.82, 2.24) is 9.80 Å². The molecule has 1 aromatic rings. The highest BCUT2D eigenvalue weighted by Gasteiger charge is 2.44. The second-order valence-corrected chi connectivity index (χ2v) is 6.15. The molecule has 0 atom stereocenters. The molecule has 1 fully saturated rings. The molecule has 1 saturated heterocycles. The van der Waals surface area contributed by atoms with Gasteiger partial charge in [0.2, 0.25) is 5.91 Å². The minimum Gasteiger partial charge on any atom is -0.323 e. The molecule has 0 aromatic heterocycles. The zero-order chi connectivity index (χ0) is 18.0. The zero-order valence-corrected chi connectivity index (χ0v) is 14.7. The van der Waals surface area contributed by atoms with E-state index < -0.39 is 30.3 Å². The molecule has 0 aliphatic carbocycles. The number of hydrogen-bond donors (Lipinski definition) is 1. The van der Waals surface area contributed by atoms with Crippen LogP contribution in [0.15, 0.2) is 12.1 Å². The molecule has 0 radical (unpaired) electrons. The fourth-order valence-corrected chi connectivity index (χ4v) is 2.66. The molecular weight excluding hydrogens is 381 g/mol. The highest BCUT2D eigenvalue weighted by atomic mass is 35.5. The fraction of sp³-hybridized carbons (Fsp3) is 0.286. The summed E-state index contributed by atoms with van der Waals surface area (Å²) >= 11 is 17.6. The molecule has 0 spiro atoms. The van der Waals surface area contributed by atoms with Gasteiger partial charge in [0.05, 0.1) is 20.8 Å². The number of anilines is 1. The lowest BCUT2D eigenvalue weighted by molar-refractivity contribution is -0.143. The van der Waals surface area contributed by atoms with Gasteiger partial charge >= 0.3 is 17.8 Å². The molecule has 5 amide bonds. The van der Waals surface area contributed by atoms with Crippen LogP contribution in [0.1, 0.15) is 13.3 Å². The van der Waals surface area contributed by atoms with Gasteiger partial charge in [0, 0.05) is 6.54 Å². The number of imide groups is 2. The Balaban J connectivity index is 2.10. The number of carbonyl (C=O) groups is 4. The van der Waals surface area contributed by atoms with Gasteiger partial charge in [-0.05, 0) is 18.6 Å². The van der Waals surface area contributed by atoms with Gasteiger partial charge < -0.3 is 5.32 Å². The maximum Gasteiger partial charge on any atom is 0.334 e. The van der Waals surface area contributed by atoms with Crippen LogP contribution in [-0.2, 0) is 14.4 Å². The highest BCUT2D eigenvalue weighted by molar-refractivity contribution is 6.45. The molecule has 7 nitrogen and oxygen atoms in total. The predicted octanol–water partition coefficient (Wildman–Crippen LogP) is 2.79. The molecule has 1 aliphatic heterocycles. The summed E-state index contributed by atoms with van der Waals surface area (Å²) in [6.07, 6.45) is 0.504. The van der Waals surface area contributed by atoms with Gasteiger partial charge in [-0.1, -0.05) is 41.7 Å². The van der Waals surface area contributed by atoms with Crippen molar-refractivity contribution in [3.8, 4) is 0 Å². The van der Waals surface area contributed by atoms with E-state index in [4.69, 9.17) is 34.8 Å². The summed E-state index contributed by atoms with van der Waals surface area (Å²) in [7, 11) is 0. The lowest BCUT2D eigenvalue weighted by Crippen LogP contribution is -2.39.